The molecule has 1 aromatic heterocycles. The minimum absolute atomic E-state index is 0.342. The van der Waals surface area contributed by atoms with Gasteiger partial charge in [0.15, 0.2) is 17.5 Å². The molecular formula is C17H15F3N2O2S. The van der Waals surface area contributed by atoms with Gasteiger partial charge in [0.1, 0.15) is 4.90 Å². The molecule has 1 heterocycles. The highest BCUT2D eigenvalue weighted by Crippen LogP contribution is 2.22. The van der Waals surface area contributed by atoms with Crippen LogP contribution in [0.25, 0.3) is 10.9 Å². The summed E-state index contributed by atoms with van der Waals surface area (Å²) in [6, 6.07) is 8.23. The molecule has 3 aromatic rings. The Balaban J connectivity index is 1.82. The van der Waals surface area contributed by atoms with Crippen LogP contribution in [0, 0.1) is 17.5 Å². The van der Waals surface area contributed by atoms with Crippen LogP contribution >= 0.6 is 0 Å². The van der Waals surface area contributed by atoms with Crippen molar-refractivity contribution < 1.29 is 21.6 Å². The lowest BCUT2D eigenvalue weighted by Gasteiger charge is -2.14. The molecule has 0 saturated carbocycles. The first kappa shape index (κ1) is 17.5. The van der Waals surface area contributed by atoms with E-state index in [1.54, 1.807) is 13.1 Å². The number of fused-ring (bicyclic) bond motifs is 1. The summed E-state index contributed by atoms with van der Waals surface area (Å²) in [5.41, 5.74) is 1.80. The molecule has 0 aliphatic rings. The molecule has 0 radical (unpaired) electrons. The van der Waals surface area contributed by atoms with E-state index >= 15 is 0 Å². The second kappa shape index (κ2) is 6.53. The van der Waals surface area contributed by atoms with Crippen LogP contribution in [0.2, 0.25) is 0 Å². The first-order chi connectivity index (χ1) is 11.8. The molecule has 0 spiro atoms. The number of H-pyrrole nitrogens is 1. The van der Waals surface area contributed by atoms with Crippen LogP contribution in [0.3, 0.4) is 0 Å². The zero-order valence-electron chi connectivity index (χ0n) is 13.2. The third kappa shape index (κ3) is 3.40. The Morgan fingerprint density at radius 3 is 2.56 bits per heavy atom. The van der Waals surface area contributed by atoms with Gasteiger partial charge in [-0.3, -0.25) is 0 Å². The monoisotopic (exact) mass is 368 g/mol. The van der Waals surface area contributed by atoms with Crippen molar-refractivity contribution >= 4 is 20.9 Å². The lowest BCUT2D eigenvalue weighted by Crippen LogP contribution is -2.34. The molecule has 0 bridgehead atoms. The molecule has 25 heavy (non-hydrogen) atoms. The van der Waals surface area contributed by atoms with Gasteiger partial charge in [-0.25, -0.2) is 26.3 Å². The number of aromatic amines is 1. The van der Waals surface area contributed by atoms with Gasteiger partial charge in [-0.05, 0) is 37.1 Å². The van der Waals surface area contributed by atoms with Gasteiger partial charge in [-0.15, -0.1) is 0 Å². The first-order valence-corrected chi connectivity index (χ1v) is 8.98. The van der Waals surface area contributed by atoms with E-state index in [4.69, 9.17) is 0 Å². The number of sulfonamides is 1. The summed E-state index contributed by atoms with van der Waals surface area (Å²) in [7, 11) is -4.33. The molecule has 0 amide bonds. The van der Waals surface area contributed by atoms with Crippen molar-refractivity contribution in [1.29, 1.82) is 0 Å². The summed E-state index contributed by atoms with van der Waals surface area (Å²) in [6.45, 7) is 1.61. The van der Waals surface area contributed by atoms with E-state index in [1.807, 2.05) is 24.3 Å². The van der Waals surface area contributed by atoms with Crippen molar-refractivity contribution in [3.63, 3.8) is 0 Å². The van der Waals surface area contributed by atoms with Crippen molar-refractivity contribution in [3.05, 3.63) is 65.6 Å². The quantitative estimate of drug-likeness (QED) is 0.677. The van der Waals surface area contributed by atoms with E-state index in [-0.39, 0.29) is 0 Å². The molecule has 1 unspecified atom stereocenters. The van der Waals surface area contributed by atoms with Gasteiger partial charge in [0.2, 0.25) is 10.0 Å². The van der Waals surface area contributed by atoms with Crippen LogP contribution in [0.1, 0.15) is 12.5 Å². The summed E-state index contributed by atoms with van der Waals surface area (Å²) in [5.74, 6) is -4.98. The third-order valence-corrected chi connectivity index (χ3v) is 5.45. The van der Waals surface area contributed by atoms with Crippen LogP contribution in [0.5, 0.6) is 0 Å². The number of rotatable bonds is 5. The van der Waals surface area contributed by atoms with Crippen molar-refractivity contribution in [1.82, 2.24) is 9.71 Å². The van der Waals surface area contributed by atoms with Gasteiger partial charge >= 0.3 is 0 Å². The van der Waals surface area contributed by atoms with Crippen LogP contribution in [0.15, 0.2) is 47.5 Å². The smallest absolute Gasteiger partial charge is 0.243 e. The van der Waals surface area contributed by atoms with Crippen LogP contribution in [-0.2, 0) is 16.4 Å². The molecule has 0 aliphatic heterocycles. The highest BCUT2D eigenvalue weighted by molar-refractivity contribution is 7.89. The minimum Gasteiger partial charge on any atom is -0.361 e. The molecule has 2 aromatic carbocycles. The van der Waals surface area contributed by atoms with Crippen LogP contribution in [0.4, 0.5) is 13.2 Å². The fourth-order valence-electron chi connectivity index (χ4n) is 2.72. The predicted molar refractivity (Wildman–Crippen MR) is 88.1 cm³/mol. The second-order valence-electron chi connectivity index (χ2n) is 5.76. The Hall–Kier alpha value is -2.32. The maximum absolute atomic E-state index is 13.8. The number of nitrogens with one attached hydrogen (secondary N) is 2. The summed E-state index contributed by atoms with van der Waals surface area (Å²) in [6.07, 6.45) is 2.11. The number of halogens is 3. The van der Waals surface area contributed by atoms with Gasteiger partial charge in [-0.2, -0.15) is 0 Å². The molecule has 8 heteroatoms. The van der Waals surface area contributed by atoms with E-state index in [9.17, 15) is 21.6 Å². The van der Waals surface area contributed by atoms with Gasteiger partial charge in [0.05, 0.1) is 0 Å². The fraction of sp³-hybridized carbons (Fsp3) is 0.176. The molecule has 0 fully saturated rings. The van der Waals surface area contributed by atoms with E-state index in [1.165, 1.54) is 0 Å². The summed E-state index contributed by atoms with van der Waals surface area (Å²) in [4.78, 5) is 2.16. The van der Waals surface area contributed by atoms with Gasteiger partial charge in [0, 0.05) is 23.1 Å². The topological polar surface area (TPSA) is 62.0 Å². The van der Waals surface area contributed by atoms with Gasteiger partial charge < -0.3 is 4.98 Å². The van der Waals surface area contributed by atoms with Crippen molar-refractivity contribution in [2.24, 2.45) is 0 Å². The number of hydrogen-bond acceptors (Lipinski definition) is 2. The maximum atomic E-state index is 13.8. The zero-order chi connectivity index (χ0) is 18.2. The van der Waals surface area contributed by atoms with E-state index < -0.39 is 38.4 Å². The Morgan fingerprint density at radius 2 is 1.80 bits per heavy atom. The molecule has 3 rings (SSSR count). The van der Waals surface area contributed by atoms with Crippen molar-refractivity contribution in [2.45, 2.75) is 24.3 Å². The first-order valence-electron chi connectivity index (χ1n) is 7.50. The van der Waals surface area contributed by atoms with Crippen LogP contribution in [-0.4, -0.2) is 19.4 Å². The number of hydrogen-bond donors (Lipinski definition) is 2. The van der Waals surface area contributed by atoms with Gasteiger partial charge in [0.25, 0.3) is 0 Å². The standard InChI is InChI=1S/C17H15F3N2O2S/c1-10(8-11-9-21-14-5-3-2-4-12(11)14)22-25(23,24)15-7-6-13(18)16(19)17(15)20/h2-7,9-10,21-22H,8H2,1H3. The van der Waals surface area contributed by atoms with E-state index in [0.29, 0.717) is 18.6 Å². The SMILES string of the molecule is CC(Cc1c[nH]c2ccccc12)NS(=O)(=O)c1ccc(F)c(F)c1F. The average molecular weight is 368 g/mol. The normalized spacial score (nSPS) is 13.3. The molecule has 0 aliphatic carbocycles. The Morgan fingerprint density at radius 1 is 1.08 bits per heavy atom. The second-order valence-corrected chi connectivity index (χ2v) is 7.44. The molecule has 4 nitrogen and oxygen atoms in total. The maximum Gasteiger partial charge on any atom is 0.243 e. The fourth-order valence-corrected chi connectivity index (χ4v) is 4.03. The Bertz CT molecular complexity index is 1030. The summed E-state index contributed by atoms with van der Waals surface area (Å²) >= 11 is 0. The zero-order valence-corrected chi connectivity index (χ0v) is 14.0. The van der Waals surface area contributed by atoms with Gasteiger partial charge in [-0.1, -0.05) is 18.2 Å². The molecule has 2 N–H and O–H groups in total. The van der Waals surface area contributed by atoms with Crippen molar-refractivity contribution in [3.8, 4) is 0 Å². The highest BCUT2D eigenvalue weighted by Gasteiger charge is 2.25. The lowest BCUT2D eigenvalue weighted by molar-refractivity contribution is 0.431. The minimum atomic E-state index is -4.33. The van der Waals surface area contributed by atoms with Crippen molar-refractivity contribution in [2.75, 3.05) is 0 Å². The Labute approximate surface area is 142 Å². The summed E-state index contributed by atoms with van der Waals surface area (Å²) in [5, 5.41) is 0.951. The van der Waals surface area contributed by atoms with E-state index in [2.05, 4.69) is 9.71 Å². The molecule has 0 saturated heterocycles. The Kier molecular flexibility index (Phi) is 4.57. The highest BCUT2D eigenvalue weighted by atomic mass is 32.2. The number of benzene rings is 2. The lowest BCUT2D eigenvalue weighted by atomic mass is 10.1. The number of para-hydroxylation sites is 1. The largest absolute Gasteiger partial charge is 0.361 e. The molecule has 132 valence electrons. The molecular weight excluding hydrogens is 353 g/mol. The number of aromatic nitrogens is 1. The third-order valence-electron chi connectivity index (χ3n) is 3.85. The predicted octanol–water partition coefficient (Wildman–Crippen LogP) is 3.49. The summed E-state index contributed by atoms with van der Waals surface area (Å²) < 4.78 is 66.9. The molecule has 1 atom stereocenters. The average Bonchev–Trinajstić information content (AvgIpc) is 2.95. The van der Waals surface area contributed by atoms with Crippen LogP contribution < -0.4 is 4.72 Å². The van der Waals surface area contributed by atoms with E-state index in [0.717, 1.165) is 16.5 Å².